The number of ketones is 1. The van der Waals surface area contributed by atoms with Crippen molar-refractivity contribution in [3.63, 3.8) is 0 Å². The van der Waals surface area contributed by atoms with Crippen LogP contribution in [0.5, 0.6) is 0 Å². The molecule has 0 aliphatic heterocycles. The average Bonchev–Trinajstić information content (AvgIpc) is 2.40. The lowest BCUT2D eigenvalue weighted by atomic mass is 10.1. The second-order valence-corrected chi connectivity index (χ2v) is 6.37. The zero-order valence-electron chi connectivity index (χ0n) is 10.1. The summed E-state index contributed by atoms with van der Waals surface area (Å²) in [6.45, 7) is 0. The Morgan fingerprint density at radius 1 is 1.11 bits per heavy atom. The van der Waals surface area contributed by atoms with Crippen LogP contribution in [0.3, 0.4) is 0 Å². The maximum atomic E-state index is 11.9. The number of hydrogen-bond donors (Lipinski definition) is 0. The summed E-state index contributed by atoms with van der Waals surface area (Å²) in [5.41, 5.74) is 1.00. The highest BCUT2D eigenvalue weighted by atomic mass is 79.9. The van der Waals surface area contributed by atoms with Crippen LogP contribution in [0.2, 0.25) is 5.02 Å². The molecule has 4 heteroatoms. The van der Waals surface area contributed by atoms with E-state index in [-0.39, 0.29) is 5.78 Å². The summed E-state index contributed by atoms with van der Waals surface area (Å²) in [6, 6.07) is 15.3. The zero-order chi connectivity index (χ0) is 13.7. The summed E-state index contributed by atoms with van der Waals surface area (Å²) in [5.74, 6) is 0.689. The molecule has 19 heavy (non-hydrogen) atoms. The van der Waals surface area contributed by atoms with E-state index in [2.05, 4.69) is 15.9 Å². The molecule has 0 atom stereocenters. The molecule has 0 saturated carbocycles. The summed E-state index contributed by atoms with van der Waals surface area (Å²) in [4.78, 5) is 13.0. The smallest absolute Gasteiger partial charge is 0.147 e. The number of thioether (sulfide) groups is 1. The molecule has 2 rings (SSSR count). The molecule has 98 valence electrons. The first-order valence-corrected chi connectivity index (χ1v) is 7.94. The SMILES string of the molecule is O=C(CSc1ccccc1Br)Cc1ccc(Cl)cc1. The van der Waals surface area contributed by atoms with Gasteiger partial charge in [0.25, 0.3) is 0 Å². The Morgan fingerprint density at radius 2 is 1.79 bits per heavy atom. The molecular formula is C15H12BrClOS. The van der Waals surface area contributed by atoms with E-state index in [1.54, 1.807) is 11.8 Å². The molecule has 0 unspecified atom stereocenters. The molecule has 1 nitrogen and oxygen atoms in total. The molecule has 0 radical (unpaired) electrons. The third kappa shape index (κ3) is 4.68. The average molecular weight is 356 g/mol. The van der Waals surface area contributed by atoms with Crippen molar-refractivity contribution < 1.29 is 4.79 Å². The molecule has 0 aromatic heterocycles. The van der Waals surface area contributed by atoms with Crippen molar-refractivity contribution >= 4 is 45.1 Å². The molecule has 0 saturated heterocycles. The van der Waals surface area contributed by atoms with Crippen molar-refractivity contribution in [2.24, 2.45) is 0 Å². The third-order valence-electron chi connectivity index (χ3n) is 2.54. The van der Waals surface area contributed by atoms with Gasteiger partial charge in [-0.25, -0.2) is 0 Å². The monoisotopic (exact) mass is 354 g/mol. The number of Topliss-reactive ketones (excluding diaryl/α,β-unsaturated/α-hetero) is 1. The van der Waals surface area contributed by atoms with Crippen LogP contribution in [0.15, 0.2) is 57.9 Å². The summed E-state index contributed by atoms with van der Waals surface area (Å²) in [5, 5.41) is 0.693. The minimum atomic E-state index is 0.211. The Balaban J connectivity index is 1.88. The van der Waals surface area contributed by atoms with Crippen LogP contribution in [-0.4, -0.2) is 11.5 Å². The van der Waals surface area contributed by atoms with Gasteiger partial charge >= 0.3 is 0 Å². The number of carbonyl (C=O) groups excluding carboxylic acids is 1. The van der Waals surface area contributed by atoms with Gasteiger partial charge in [-0.1, -0.05) is 35.9 Å². The first-order chi connectivity index (χ1) is 9.15. The van der Waals surface area contributed by atoms with E-state index < -0.39 is 0 Å². The maximum Gasteiger partial charge on any atom is 0.147 e. The lowest BCUT2D eigenvalue weighted by Gasteiger charge is -2.04. The van der Waals surface area contributed by atoms with Crippen LogP contribution in [0.4, 0.5) is 0 Å². The van der Waals surface area contributed by atoms with Crippen LogP contribution < -0.4 is 0 Å². The summed E-state index contributed by atoms with van der Waals surface area (Å²) in [7, 11) is 0. The normalized spacial score (nSPS) is 10.4. The lowest BCUT2D eigenvalue weighted by molar-refractivity contribution is -0.116. The van der Waals surface area contributed by atoms with E-state index >= 15 is 0 Å². The van der Waals surface area contributed by atoms with E-state index in [0.29, 0.717) is 17.2 Å². The van der Waals surface area contributed by atoms with Gasteiger partial charge in [-0.15, -0.1) is 11.8 Å². The van der Waals surface area contributed by atoms with E-state index in [1.807, 2.05) is 48.5 Å². The van der Waals surface area contributed by atoms with E-state index in [4.69, 9.17) is 11.6 Å². The quantitative estimate of drug-likeness (QED) is 0.702. The van der Waals surface area contributed by atoms with Crippen LogP contribution in [-0.2, 0) is 11.2 Å². The van der Waals surface area contributed by atoms with Gasteiger partial charge in [0.05, 0.1) is 5.75 Å². The Labute approximate surface area is 130 Å². The Bertz CT molecular complexity index is 569. The van der Waals surface area contributed by atoms with Gasteiger partial charge in [-0.05, 0) is 45.8 Å². The highest BCUT2D eigenvalue weighted by molar-refractivity contribution is 9.10. The third-order valence-corrected chi connectivity index (χ3v) is 4.88. The van der Waals surface area contributed by atoms with Crippen molar-refractivity contribution in [1.82, 2.24) is 0 Å². The van der Waals surface area contributed by atoms with Gasteiger partial charge in [0.2, 0.25) is 0 Å². The van der Waals surface area contributed by atoms with Gasteiger partial charge in [0, 0.05) is 20.8 Å². The number of rotatable bonds is 5. The summed E-state index contributed by atoms with van der Waals surface area (Å²) in [6.07, 6.45) is 0.453. The first kappa shape index (κ1) is 14.6. The fourth-order valence-electron chi connectivity index (χ4n) is 1.60. The van der Waals surface area contributed by atoms with Gasteiger partial charge in [-0.2, -0.15) is 0 Å². The molecule has 2 aromatic rings. The van der Waals surface area contributed by atoms with Crippen molar-refractivity contribution in [1.29, 1.82) is 0 Å². The second-order valence-electron chi connectivity index (χ2n) is 4.06. The van der Waals surface area contributed by atoms with Crippen molar-refractivity contribution in [2.75, 3.05) is 5.75 Å². The Kier molecular flexibility index (Phi) is 5.49. The van der Waals surface area contributed by atoms with Gasteiger partial charge in [-0.3, -0.25) is 4.79 Å². The predicted octanol–water partition coefficient (Wildman–Crippen LogP) is 5.01. The Hall–Kier alpha value is -0.770. The van der Waals surface area contributed by atoms with Gasteiger partial charge in [0.1, 0.15) is 5.78 Å². The minimum Gasteiger partial charge on any atom is -0.298 e. The molecule has 0 bridgehead atoms. The largest absolute Gasteiger partial charge is 0.298 e. The molecule has 0 heterocycles. The maximum absolute atomic E-state index is 11.9. The summed E-state index contributed by atoms with van der Waals surface area (Å²) >= 11 is 10.8. The highest BCUT2D eigenvalue weighted by Gasteiger charge is 2.06. The molecule has 0 aliphatic rings. The number of halogens is 2. The predicted molar refractivity (Wildman–Crippen MR) is 85.0 cm³/mol. The lowest BCUT2D eigenvalue weighted by Crippen LogP contribution is -2.05. The number of hydrogen-bond acceptors (Lipinski definition) is 2. The van der Waals surface area contributed by atoms with Crippen LogP contribution in [0.25, 0.3) is 0 Å². The molecule has 0 aliphatic carbocycles. The topological polar surface area (TPSA) is 17.1 Å². The number of benzene rings is 2. The molecule has 2 aromatic carbocycles. The van der Waals surface area contributed by atoms with Crippen LogP contribution in [0.1, 0.15) is 5.56 Å². The van der Waals surface area contributed by atoms with Crippen LogP contribution in [0, 0.1) is 0 Å². The standard InChI is InChI=1S/C15H12BrClOS/c16-14-3-1-2-4-15(14)19-10-13(18)9-11-5-7-12(17)8-6-11/h1-8H,9-10H2. The second kappa shape index (κ2) is 7.13. The molecule has 0 amide bonds. The highest BCUT2D eigenvalue weighted by Crippen LogP contribution is 2.27. The van der Waals surface area contributed by atoms with Gasteiger partial charge in [0.15, 0.2) is 0 Å². The molecule has 0 spiro atoms. The van der Waals surface area contributed by atoms with Crippen molar-refractivity contribution in [3.05, 3.63) is 63.6 Å². The molecule has 0 N–H and O–H groups in total. The fraction of sp³-hybridized carbons (Fsp3) is 0.133. The van der Waals surface area contributed by atoms with Gasteiger partial charge < -0.3 is 0 Å². The summed E-state index contributed by atoms with van der Waals surface area (Å²) < 4.78 is 1.03. The van der Waals surface area contributed by atoms with E-state index in [0.717, 1.165) is 14.9 Å². The molecule has 0 fully saturated rings. The first-order valence-electron chi connectivity index (χ1n) is 5.78. The van der Waals surface area contributed by atoms with E-state index in [9.17, 15) is 4.79 Å². The van der Waals surface area contributed by atoms with E-state index in [1.165, 1.54) is 0 Å². The van der Waals surface area contributed by atoms with Crippen molar-refractivity contribution in [3.8, 4) is 0 Å². The number of carbonyl (C=O) groups is 1. The molecular weight excluding hydrogens is 344 g/mol. The Morgan fingerprint density at radius 3 is 2.47 bits per heavy atom. The fourth-order valence-corrected chi connectivity index (χ4v) is 3.15. The zero-order valence-corrected chi connectivity index (χ0v) is 13.3. The van der Waals surface area contributed by atoms with Crippen LogP contribution >= 0.6 is 39.3 Å². The minimum absolute atomic E-state index is 0.211. The van der Waals surface area contributed by atoms with Crippen molar-refractivity contribution in [2.45, 2.75) is 11.3 Å².